The van der Waals surface area contributed by atoms with Crippen molar-refractivity contribution in [3.05, 3.63) is 46.9 Å². The van der Waals surface area contributed by atoms with Crippen LogP contribution >= 0.6 is 0 Å². The maximum Gasteiger partial charge on any atom is 0.416 e. The number of alkyl halides is 3. The molecule has 0 radical (unpaired) electrons. The second kappa shape index (κ2) is 4.35. The molecular weight excluding hydrogens is 259 g/mol. The maximum atomic E-state index is 12.7. The molecule has 0 bridgehead atoms. The summed E-state index contributed by atoms with van der Waals surface area (Å²) in [6, 6.07) is 4.87. The molecule has 0 fully saturated rings. The van der Waals surface area contributed by atoms with Gasteiger partial charge in [0, 0.05) is 5.56 Å². The van der Waals surface area contributed by atoms with Crippen LogP contribution in [-0.4, -0.2) is 12.2 Å². The molecule has 0 spiro atoms. The molecule has 0 saturated heterocycles. The first kappa shape index (κ1) is 13.0. The Morgan fingerprint density at radius 3 is 2.53 bits per heavy atom. The predicted molar refractivity (Wildman–Crippen MR) is 61.6 cm³/mol. The van der Waals surface area contributed by atoms with Crippen molar-refractivity contribution in [3.63, 3.8) is 0 Å². The standard InChI is InChI=1S/C13H8F3NO2/c1-19-12(18)11-4-7(6-17)9-3-2-8(5-10(9)11)13(14,15)16/h2-5,18H,1H3. The van der Waals surface area contributed by atoms with E-state index in [0.717, 1.165) is 12.1 Å². The molecule has 0 aliphatic heterocycles. The lowest BCUT2D eigenvalue weighted by Gasteiger charge is -2.10. The Morgan fingerprint density at radius 1 is 1.32 bits per heavy atom. The zero-order valence-electron chi connectivity index (χ0n) is 9.75. The van der Waals surface area contributed by atoms with Crippen molar-refractivity contribution in [1.29, 1.82) is 5.26 Å². The molecule has 6 heteroatoms. The second-order valence-electron chi connectivity index (χ2n) is 3.85. The largest absolute Gasteiger partial charge is 0.481 e. The first-order chi connectivity index (χ1) is 8.88. The maximum absolute atomic E-state index is 12.7. The number of rotatable bonds is 1. The Labute approximate surface area is 106 Å². The number of halogens is 3. The lowest BCUT2D eigenvalue weighted by Crippen LogP contribution is -2.05. The van der Waals surface area contributed by atoms with Crippen LogP contribution in [0.15, 0.2) is 30.2 Å². The molecule has 1 N–H and O–H groups in total. The van der Waals surface area contributed by atoms with Crippen LogP contribution in [0.1, 0.15) is 16.7 Å². The third kappa shape index (κ3) is 2.15. The van der Waals surface area contributed by atoms with Crippen molar-refractivity contribution in [3.8, 4) is 6.07 Å². The van der Waals surface area contributed by atoms with E-state index in [-0.39, 0.29) is 16.7 Å². The number of aliphatic hydroxyl groups is 1. The third-order valence-corrected chi connectivity index (χ3v) is 2.76. The van der Waals surface area contributed by atoms with E-state index < -0.39 is 17.7 Å². The second-order valence-corrected chi connectivity index (χ2v) is 3.85. The van der Waals surface area contributed by atoms with Crippen molar-refractivity contribution < 1.29 is 23.0 Å². The number of aliphatic hydroxyl groups excluding tert-OH is 1. The summed E-state index contributed by atoms with van der Waals surface area (Å²) < 4.78 is 42.6. The molecule has 0 saturated carbocycles. The molecule has 0 aromatic heterocycles. The van der Waals surface area contributed by atoms with Gasteiger partial charge in [-0.15, -0.1) is 0 Å². The van der Waals surface area contributed by atoms with Gasteiger partial charge in [-0.05, 0) is 23.8 Å². The SMILES string of the molecule is COC(O)=C1C=C(C#N)c2ccc(C(F)(F)F)cc21. The Hall–Kier alpha value is -2.42. The summed E-state index contributed by atoms with van der Waals surface area (Å²) in [5.74, 6) is -0.522. The van der Waals surface area contributed by atoms with E-state index in [1.165, 1.54) is 19.3 Å². The number of methoxy groups -OCH3 is 1. The molecule has 0 heterocycles. The van der Waals surface area contributed by atoms with Crippen molar-refractivity contribution in [2.75, 3.05) is 7.11 Å². The van der Waals surface area contributed by atoms with Gasteiger partial charge in [-0.2, -0.15) is 18.4 Å². The molecule has 1 aliphatic carbocycles. The fourth-order valence-electron chi connectivity index (χ4n) is 1.86. The van der Waals surface area contributed by atoms with E-state index in [9.17, 15) is 18.3 Å². The summed E-state index contributed by atoms with van der Waals surface area (Å²) in [5, 5.41) is 18.5. The minimum absolute atomic E-state index is 0.0696. The van der Waals surface area contributed by atoms with Crippen LogP contribution in [0.5, 0.6) is 0 Å². The van der Waals surface area contributed by atoms with Gasteiger partial charge in [-0.3, -0.25) is 0 Å². The summed E-state index contributed by atoms with van der Waals surface area (Å²) in [5.41, 5.74) is -0.123. The van der Waals surface area contributed by atoms with E-state index in [2.05, 4.69) is 4.74 Å². The zero-order valence-corrected chi connectivity index (χ0v) is 9.75. The number of ether oxygens (including phenoxy) is 1. The van der Waals surface area contributed by atoms with Gasteiger partial charge in [0.2, 0.25) is 0 Å². The molecule has 0 atom stereocenters. The lowest BCUT2D eigenvalue weighted by molar-refractivity contribution is -0.137. The van der Waals surface area contributed by atoms with Crippen LogP contribution in [0.25, 0.3) is 11.1 Å². The van der Waals surface area contributed by atoms with Gasteiger partial charge >= 0.3 is 6.18 Å². The van der Waals surface area contributed by atoms with Crippen molar-refractivity contribution in [2.45, 2.75) is 6.18 Å². The van der Waals surface area contributed by atoms with Gasteiger partial charge in [0.1, 0.15) is 0 Å². The fourth-order valence-corrected chi connectivity index (χ4v) is 1.86. The molecule has 1 aromatic carbocycles. The highest BCUT2D eigenvalue weighted by Gasteiger charge is 2.33. The average molecular weight is 267 g/mol. The predicted octanol–water partition coefficient (Wildman–Crippen LogP) is 3.50. The molecule has 98 valence electrons. The highest BCUT2D eigenvalue weighted by Crippen LogP contribution is 2.40. The number of hydrogen-bond acceptors (Lipinski definition) is 3. The number of benzene rings is 1. The molecule has 0 unspecified atom stereocenters. The van der Waals surface area contributed by atoms with Gasteiger partial charge in [0.05, 0.1) is 29.9 Å². The van der Waals surface area contributed by atoms with Crippen LogP contribution in [0.4, 0.5) is 13.2 Å². The van der Waals surface area contributed by atoms with Crippen LogP contribution in [0.2, 0.25) is 0 Å². The van der Waals surface area contributed by atoms with Crippen LogP contribution in [-0.2, 0) is 10.9 Å². The zero-order chi connectivity index (χ0) is 14.2. The van der Waals surface area contributed by atoms with Crippen molar-refractivity contribution in [2.24, 2.45) is 0 Å². The summed E-state index contributed by atoms with van der Waals surface area (Å²) in [6.07, 6.45) is -3.19. The smallest absolute Gasteiger partial charge is 0.416 e. The van der Waals surface area contributed by atoms with Crippen LogP contribution in [0.3, 0.4) is 0 Å². The Bertz CT molecular complexity index is 636. The quantitative estimate of drug-likeness (QED) is 0.792. The lowest BCUT2D eigenvalue weighted by atomic mass is 10.0. The van der Waals surface area contributed by atoms with Crippen LogP contribution in [0, 0.1) is 11.3 Å². The highest BCUT2D eigenvalue weighted by atomic mass is 19.4. The summed E-state index contributed by atoms with van der Waals surface area (Å²) in [4.78, 5) is 0. The molecule has 3 nitrogen and oxygen atoms in total. The fraction of sp³-hybridized carbons (Fsp3) is 0.154. The highest BCUT2D eigenvalue weighted by molar-refractivity contribution is 6.00. The van der Waals surface area contributed by atoms with Gasteiger partial charge < -0.3 is 9.84 Å². The number of nitriles is 1. The van der Waals surface area contributed by atoms with Gasteiger partial charge in [-0.1, -0.05) is 6.07 Å². The molecule has 2 rings (SSSR count). The summed E-state index contributed by atoms with van der Waals surface area (Å²) >= 11 is 0. The van der Waals surface area contributed by atoms with Gasteiger partial charge in [0.15, 0.2) is 0 Å². The molecular formula is C13H8F3NO2. The Balaban J connectivity index is 2.67. The first-order valence-corrected chi connectivity index (χ1v) is 5.19. The summed E-state index contributed by atoms with van der Waals surface area (Å²) in [7, 11) is 1.19. The summed E-state index contributed by atoms with van der Waals surface area (Å²) in [6.45, 7) is 0. The van der Waals surface area contributed by atoms with E-state index >= 15 is 0 Å². The van der Waals surface area contributed by atoms with Crippen molar-refractivity contribution >= 4 is 11.1 Å². The third-order valence-electron chi connectivity index (χ3n) is 2.76. The molecule has 0 amide bonds. The first-order valence-electron chi connectivity index (χ1n) is 5.19. The normalized spacial score (nSPS) is 16.5. The average Bonchev–Trinajstić information content (AvgIpc) is 2.74. The number of nitrogens with zero attached hydrogens (tertiary/aromatic N) is 1. The topological polar surface area (TPSA) is 53.2 Å². The van der Waals surface area contributed by atoms with Gasteiger partial charge in [-0.25, -0.2) is 0 Å². The molecule has 19 heavy (non-hydrogen) atoms. The monoisotopic (exact) mass is 267 g/mol. The number of hydrogen-bond donors (Lipinski definition) is 1. The van der Waals surface area contributed by atoms with E-state index in [1.54, 1.807) is 0 Å². The number of fused-ring (bicyclic) bond motifs is 1. The minimum atomic E-state index is -4.49. The Morgan fingerprint density at radius 2 is 2.00 bits per heavy atom. The molecule has 1 aliphatic rings. The van der Waals surface area contributed by atoms with Crippen molar-refractivity contribution in [1.82, 2.24) is 0 Å². The van der Waals surface area contributed by atoms with E-state index in [4.69, 9.17) is 5.26 Å². The minimum Gasteiger partial charge on any atom is -0.481 e. The van der Waals surface area contributed by atoms with Gasteiger partial charge in [0.25, 0.3) is 5.95 Å². The number of allylic oxidation sites excluding steroid dienone is 3. The van der Waals surface area contributed by atoms with E-state index in [1.807, 2.05) is 6.07 Å². The van der Waals surface area contributed by atoms with E-state index in [0.29, 0.717) is 5.56 Å². The van der Waals surface area contributed by atoms with Crippen LogP contribution < -0.4 is 0 Å². The molecule has 1 aromatic rings. The Kier molecular flexibility index (Phi) is 2.98.